The van der Waals surface area contributed by atoms with Crippen molar-refractivity contribution in [1.29, 1.82) is 0 Å². The van der Waals surface area contributed by atoms with Crippen molar-refractivity contribution in [2.24, 2.45) is 43.9 Å². The molecule has 0 fully saturated rings. The van der Waals surface area contributed by atoms with Gasteiger partial charge in [-0.05, 0) is 12.5 Å². The van der Waals surface area contributed by atoms with E-state index in [0.29, 0.717) is 11.3 Å². The van der Waals surface area contributed by atoms with E-state index < -0.39 is 0 Å². The van der Waals surface area contributed by atoms with Gasteiger partial charge in [0.1, 0.15) is 0 Å². The van der Waals surface area contributed by atoms with E-state index in [2.05, 4.69) is 15.2 Å². The highest BCUT2D eigenvalue weighted by Crippen LogP contribution is 2.12. The molecule has 0 saturated carbocycles. The number of benzene rings is 1. The Labute approximate surface area is 116 Å². The summed E-state index contributed by atoms with van der Waals surface area (Å²) in [6, 6.07) is 9.37. The van der Waals surface area contributed by atoms with E-state index >= 15 is 0 Å². The van der Waals surface area contributed by atoms with Crippen molar-refractivity contribution < 1.29 is 0 Å². The van der Waals surface area contributed by atoms with Gasteiger partial charge in [-0.3, -0.25) is 0 Å². The van der Waals surface area contributed by atoms with E-state index in [-0.39, 0.29) is 17.8 Å². The first-order valence-electron chi connectivity index (χ1n) is 5.70. The molecule has 0 radical (unpaired) electrons. The Morgan fingerprint density at radius 3 is 2.05 bits per heavy atom. The zero-order valence-electron chi connectivity index (χ0n) is 11.1. The summed E-state index contributed by atoms with van der Waals surface area (Å²) in [6.45, 7) is 1.73. The molecule has 0 unspecified atom stereocenters. The molecule has 8 heteroatoms. The van der Waals surface area contributed by atoms with E-state index in [9.17, 15) is 0 Å². The van der Waals surface area contributed by atoms with Crippen molar-refractivity contribution in [1.82, 2.24) is 0 Å². The molecule has 8 nitrogen and oxygen atoms in total. The Bertz CT molecular complexity index is 579. The molecule has 0 aliphatic carbocycles. The highest BCUT2D eigenvalue weighted by Gasteiger charge is 2.05. The maximum Gasteiger partial charge on any atom is 0.243 e. The van der Waals surface area contributed by atoms with Gasteiger partial charge in [0.25, 0.3) is 0 Å². The number of guanidine groups is 2. The quantitative estimate of drug-likeness (QED) is 0.277. The summed E-state index contributed by atoms with van der Waals surface area (Å²) >= 11 is 0. The van der Waals surface area contributed by atoms with Crippen molar-refractivity contribution in [2.75, 3.05) is 0 Å². The summed E-state index contributed by atoms with van der Waals surface area (Å²) in [5, 5.41) is 7.31. The van der Waals surface area contributed by atoms with Crippen LogP contribution in [0.25, 0.3) is 5.70 Å². The van der Waals surface area contributed by atoms with E-state index in [1.807, 2.05) is 30.3 Å². The van der Waals surface area contributed by atoms with Gasteiger partial charge in [0.15, 0.2) is 11.8 Å². The van der Waals surface area contributed by atoms with Gasteiger partial charge in [0.2, 0.25) is 5.96 Å². The third kappa shape index (κ3) is 4.33. The minimum absolute atomic E-state index is 0.125. The van der Waals surface area contributed by atoms with Crippen molar-refractivity contribution in [3.8, 4) is 0 Å². The zero-order valence-corrected chi connectivity index (χ0v) is 11.1. The third-order valence-corrected chi connectivity index (χ3v) is 2.38. The first kappa shape index (κ1) is 15.0. The van der Waals surface area contributed by atoms with Gasteiger partial charge >= 0.3 is 0 Å². The molecule has 0 bridgehead atoms. The number of amidine groups is 1. The number of nitrogens with two attached hydrogens (primary N) is 5. The average Bonchev–Trinajstić information content (AvgIpc) is 2.43. The Kier molecular flexibility index (Phi) is 5.10. The van der Waals surface area contributed by atoms with Gasteiger partial charge in [-0.15, -0.1) is 10.2 Å². The predicted molar refractivity (Wildman–Crippen MR) is 82.3 cm³/mol. The molecular weight excluding hydrogens is 256 g/mol. The standard InChI is InChI=1S/C12H18N8/c1-7(9(13)8-5-3-2-4-6-8)10(14)19-20-12(17)18-11(15)16/h2-6H,13H2,1H3,(H2,14,19)(H6,15,16,17,18,20). The molecule has 1 aromatic carbocycles. The monoisotopic (exact) mass is 274 g/mol. The molecule has 20 heavy (non-hydrogen) atoms. The molecule has 106 valence electrons. The van der Waals surface area contributed by atoms with Gasteiger partial charge in [-0.2, -0.15) is 4.99 Å². The molecule has 0 atom stereocenters. The Morgan fingerprint density at radius 2 is 1.50 bits per heavy atom. The van der Waals surface area contributed by atoms with Crippen LogP contribution < -0.4 is 28.7 Å². The third-order valence-electron chi connectivity index (χ3n) is 2.38. The molecule has 0 heterocycles. The van der Waals surface area contributed by atoms with Gasteiger partial charge in [-0.1, -0.05) is 30.3 Å². The first-order valence-corrected chi connectivity index (χ1v) is 5.70. The summed E-state index contributed by atoms with van der Waals surface area (Å²) in [5.41, 5.74) is 29.4. The summed E-state index contributed by atoms with van der Waals surface area (Å²) in [6.07, 6.45) is 0. The van der Waals surface area contributed by atoms with Crippen LogP contribution >= 0.6 is 0 Å². The second-order valence-corrected chi connectivity index (χ2v) is 3.88. The fourth-order valence-corrected chi connectivity index (χ4v) is 1.31. The molecule has 0 spiro atoms. The minimum atomic E-state index is -0.212. The average molecular weight is 274 g/mol. The number of aliphatic imine (C=N–C) groups is 1. The van der Waals surface area contributed by atoms with Crippen LogP contribution in [0.2, 0.25) is 0 Å². The lowest BCUT2D eigenvalue weighted by Crippen LogP contribution is -2.26. The van der Waals surface area contributed by atoms with Crippen LogP contribution in [0.1, 0.15) is 12.5 Å². The van der Waals surface area contributed by atoms with Crippen molar-refractivity contribution in [3.05, 3.63) is 41.5 Å². The lowest BCUT2D eigenvalue weighted by atomic mass is 10.1. The number of rotatable bonds is 3. The number of hydrogen-bond donors (Lipinski definition) is 5. The lowest BCUT2D eigenvalue weighted by Gasteiger charge is -2.06. The van der Waals surface area contributed by atoms with Crippen LogP contribution in [-0.2, 0) is 0 Å². The van der Waals surface area contributed by atoms with Crippen molar-refractivity contribution in [2.45, 2.75) is 6.92 Å². The molecular formula is C12H18N8. The second-order valence-electron chi connectivity index (χ2n) is 3.88. The molecule has 0 saturated heterocycles. The SMILES string of the molecule is CC(C(N)=NN=C(N)N=C(N)N)=C(N)c1ccccc1. The normalized spacial score (nSPS) is 13.7. The summed E-state index contributed by atoms with van der Waals surface area (Å²) in [5.74, 6) is -0.282. The maximum atomic E-state index is 6.00. The van der Waals surface area contributed by atoms with Crippen molar-refractivity contribution >= 4 is 23.5 Å². The van der Waals surface area contributed by atoms with Crippen LogP contribution in [0.15, 0.2) is 51.1 Å². The van der Waals surface area contributed by atoms with Gasteiger partial charge in [-0.25, -0.2) is 0 Å². The van der Waals surface area contributed by atoms with Gasteiger partial charge in [0.05, 0.1) is 0 Å². The first-order chi connectivity index (χ1) is 9.41. The molecule has 0 aliphatic rings. The molecule has 1 rings (SSSR count). The number of hydrogen-bond acceptors (Lipinski definition) is 3. The van der Waals surface area contributed by atoms with Crippen LogP contribution in [0.4, 0.5) is 0 Å². The van der Waals surface area contributed by atoms with E-state index in [0.717, 1.165) is 5.56 Å². The predicted octanol–water partition coefficient (Wildman–Crippen LogP) is -0.763. The second kappa shape index (κ2) is 6.78. The maximum absolute atomic E-state index is 6.00. The zero-order chi connectivity index (χ0) is 15.1. The van der Waals surface area contributed by atoms with Crippen molar-refractivity contribution in [3.63, 3.8) is 0 Å². The van der Waals surface area contributed by atoms with Crippen LogP contribution in [0, 0.1) is 0 Å². The van der Waals surface area contributed by atoms with Crippen LogP contribution in [-0.4, -0.2) is 17.8 Å². The largest absolute Gasteiger partial charge is 0.398 e. The topological polar surface area (TPSA) is 167 Å². The molecule has 0 aromatic heterocycles. The minimum Gasteiger partial charge on any atom is -0.398 e. The van der Waals surface area contributed by atoms with E-state index in [1.54, 1.807) is 6.92 Å². The summed E-state index contributed by atoms with van der Waals surface area (Å²) < 4.78 is 0. The Morgan fingerprint density at radius 1 is 0.900 bits per heavy atom. The number of nitrogens with zero attached hydrogens (tertiary/aromatic N) is 3. The smallest absolute Gasteiger partial charge is 0.243 e. The molecule has 0 aliphatic heterocycles. The molecule has 1 aromatic rings. The summed E-state index contributed by atoms with van der Waals surface area (Å²) in [4.78, 5) is 3.50. The van der Waals surface area contributed by atoms with Gasteiger partial charge < -0.3 is 28.7 Å². The lowest BCUT2D eigenvalue weighted by molar-refractivity contribution is 1.18. The molecule has 0 amide bonds. The highest BCUT2D eigenvalue weighted by atomic mass is 15.3. The van der Waals surface area contributed by atoms with E-state index in [1.165, 1.54) is 0 Å². The van der Waals surface area contributed by atoms with Crippen LogP contribution in [0.5, 0.6) is 0 Å². The van der Waals surface area contributed by atoms with E-state index in [4.69, 9.17) is 28.7 Å². The van der Waals surface area contributed by atoms with Gasteiger partial charge in [0, 0.05) is 11.3 Å². The fraction of sp³-hybridized carbons (Fsp3) is 0.0833. The Balaban J connectivity index is 3.02. The van der Waals surface area contributed by atoms with Crippen LogP contribution in [0.3, 0.4) is 0 Å². The fourth-order valence-electron chi connectivity index (χ4n) is 1.31. The molecule has 10 N–H and O–H groups in total. The summed E-state index contributed by atoms with van der Waals surface area (Å²) in [7, 11) is 0. The Hall–Kier alpha value is -3.03. The highest BCUT2D eigenvalue weighted by molar-refractivity contribution is 6.03.